The molecule has 14 heavy (non-hydrogen) atoms. The zero-order valence-electron chi connectivity index (χ0n) is 9.28. The van der Waals surface area contributed by atoms with Gasteiger partial charge in [-0.25, -0.2) is 8.42 Å². The number of rotatable bonds is 6. The van der Waals surface area contributed by atoms with E-state index in [1.807, 2.05) is 6.92 Å². The maximum atomic E-state index is 10.9. The maximum Gasteiger partial charge on any atom is 0.147 e. The Balaban J connectivity index is 4.26. The Morgan fingerprint density at radius 3 is 2.29 bits per heavy atom. The van der Waals surface area contributed by atoms with Crippen molar-refractivity contribution >= 4 is 9.84 Å². The molecule has 0 aromatic rings. The van der Waals surface area contributed by atoms with Gasteiger partial charge in [-0.15, -0.1) is 0 Å². The van der Waals surface area contributed by atoms with Gasteiger partial charge in [0.1, 0.15) is 9.84 Å². The molecule has 0 aliphatic rings. The normalized spacial score (nSPS) is 18.9. The number of aliphatic hydroxyl groups excluding tert-OH is 1. The smallest absolute Gasteiger partial charge is 0.147 e. The van der Waals surface area contributed by atoms with E-state index < -0.39 is 21.5 Å². The number of ether oxygens (including phenoxy) is 1. The molecule has 0 aromatic heterocycles. The molecule has 86 valence electrons. The van der Waals surface area contributed by atoms with Gasteiger partial charge in [0.25, 0.3) is 0 Å². The zero-order chi connectivity index (χ0) is 11.4. The Hall–Kier alpha value is -0.130. The van der Waals surface area contributed by atoms with E-state index in [1.54, 1.807) is 6.92 Å². The Morgan fingerprint density at radius 2 is 2.00 bits per heavy atom. The van der Waals surface area contributed by atoms with Crippen LogP contribution in [0.5, 0.6) is 0 Å². The van der Waals surface area contributed by atoms with Crippen molar-refractivity contribution in [2.75, 3.05) is 19.1 Å². The molecule has 0 saturated heterocycles. The predicted octanol–water partition coefficient (Wildman–Crippen LogP) is 0.597. The van der Waals surface area contributed by atoms with E-state index in [1.165, 1.54) is 7.11 Å². The van der Waals surface area contributed by atoms with Crippen molar-refractivity contribution in [1.29, 1.82) is 0 Å². The van der Waals surface area contributed by atoms with Crippen LogP contribution in [0.1, 0.15) is 26.7 Å². The predicted molar refractivity (Wildman–Crippen MR) is 56.0 cm³/mol. The van der Waals surface area contributed by atoms with Gasteiger partial charge in [-0.3, -0.25) is 0 Å². The van der Waals surface area contributed by atoms with Gasteiger partial charge < -0.3 is 9.84 Å². The second-order valence-corrected chi connectivity index (χ2v) is 6.06. The first kappa shape index (κ1) is 13.9. The van der Waals surface area contributed by atoms with Gasteiger partial charge in [-0.05, 0) is 19.8 Å². The fraction of sp³-hybridized carbons (Fsp3) is 1.00. The van der Waals surface area contributed by atoms with Gasteiger partial charge >= 0.3 is 0 Å². The highest BCUT2D eigenvalue weighted by Crippen LogP contribution is 2.21. The maximum absolute atomic E-state index is 10.9. The van der Waals surface area contributed by atoms with Gasteiger partial charge in [-0.1, -0.05) is 6.92 Å². The summed E-state index contributed by atoms with van der Waals surface area (Å²) in [5, 5.41) is 9.74. The summed E-state index contributed by atoms with van der Waals surface area (Å²) >= 11 is 0. The second-order valence-electron chi connectivity index (χ2n) is 3.80. The average Bonchev–Trinajstić information content (AvgIpc) is 2.11. The Kier molecular flexibility index (Phi) is 5.05. The molecule has 2 atom stereocenters. The minimum absolute atomic E-state index is 0.00683. The minimum atomic E-state index is -3.01. The summed E-state index contributed by atoms with van der Waals surface area (Å²) in [7, 11) is -1.49. The summed E-state index contributed by atoms with van der Waals surface area (Å²) in [6.45, 7) is 3.67. The highest BCUT2D eigenvalue weighted by Gasteiger charge is 2.31. The summed E-state index contributed by atoms with van der Waals surface area (Å²) in [6, 6.07) is 0. The van der Waals surface area contributed by atoms with Gasteiger partial charge in [0.15, 0.2) is 0 Å². The summed E-state index contributed by atoms with van der Waals surface area (Å²) < 4.78 is 26.9. The lowest BCUT2D eigenvalue weighted by Crippen LogP contribution is -2.41. The first-order valence-electron chi connectivity index (χ1n) is 4.66. The molecule has 0 aliphatic carbocycles. The van der Waals surface area contributed by atoms with E-state index >= 15 is 0 Å². The molecule has 0 rings (SSSR count). The van der Waals surface area contributed by atoms with Crippen molar-refractivity contribution in [2.24, 2.45) is 0 Å². The van der Waals surface area contributed by atoms with E-state index in [0.29, 0.717) is 6.42 Å². The topological polar surface area (TPSA) is 63.6 Å². The van der Waals surface area contributed by atoms with Crippen LogP contribution in [0.15, 0.2) is 0 Å². The quantitative estimate of drug-likeness (QED) is 0.717. The zero-order valence-corrected chi connectivity index (χ0v) is 10.1. The summed E-state index contributed by atoms with van der Waals surface area (Å²) in [4.78, 5) is 0. The first-order valence-corrected chi connectivity index (χ1v) is 6.72. The third-order valence-corrected chi connectivity index (χ3v) is 3.61. The molecule has 0 bridgehead atoms. The van der Waals surface area contributed by atoms with Crippen molar-refractivity contribution in [1.82, 2.24) is 0 Å². The first-order chi connectivity index (χ1) is 6.25. The lowest BCUT2D eigenvalue weighted by Gasteiger charge is -2.32. The van der Waals surface area contributed by atoms with Crippen molar-refractivity contribution in [3.63, 3.8) is 0 Å². The van der Waals surface area contributed by atoms with E-state index in [2.05, 4.69) is 0 Å². The van der Waals surface area contributed by atoms with E-state index in [0.717, 1.165) is 6.26 Å². The summed E-state index contributed by atoms with van der Waals surface area (Å²) in [5.74, 6) is -0.00683. The molecule has 0 heterocycles. The molecule has 5 heteroatoms. The van der Waals surface area contributed by atoms with E-state index in [-0.39, 0.29) is 12.2 Å². The van der Waals surface area contributed by atoms with Crippen molar-refractivity contribution in [2.45, 2.75) is 38.4 Å². The average molecular weight is 224 g/mol. The van der Waals surface area contributed by atoms with Gasteiger partial charge in [-0.2, -0.15) is 0 Å². The fourth-order valence-electron chi connectivity index (χ4n) is 1.15. The molecule has 0 aliphatic heterocycles. The summed E-state index contributed by atoms with van der Waals surface area (Å²) in [6.07, 6.45) is 1.29. The Labute approximate surface area is 86.2 Å². The fourth-order valence-corrected chi connectivity index (χ4v) is 1.80. The summed E-state index contributed by atoms with van der Waals surface area (Å²) in [5.41, 5.74) is -0.648. The molecule has 2 unspecified atom stereocenters. The van der Waals surface area contributed by atoms with Crippen LogP contribution in [0, 0.1) is 0 Å². The van der Waals surface area contributed by atoms with Crippen molar-refractivity contribution in [3.8, 4) is 0 Å². The van der Waals surface area contributed by atoms with Crippen LogP contribution in [-0.2, 0) is 14.6 Å². The Bertz CT molecular complexity index is 254. The standard InChI is InChI=1S/C9H20O4S/c1-5-9(2,13-3)8(10)6-7-14(4,11)12/h8,10H,5-7H2,1-4H3. The molecule has 0 saturated carbocycles. The van der Waals surface area contributed by atoms with E-state index in [9.17, 15) is 13.5 Å². The number of hydrogen-bond donors (Lipinski definition) is 1. The van der Waals surface area contributed by atoms with Crippen LogP contribution in [0.2, 0.25) is 0 Å². The molecule has 0 aromatic carbocycles. The second kappa shape index (κ2) is 5.09. The van der Waals surface area contributed by atoms with Crippen LogP contribution in [0.4, 0.5) is 0 Å². The van der Waals surface area contributed by atoms with Crippen LogP contribution in [-0.4, -0.2) is 44.3 Å². The van der Waals surface area contributed by atoms with E-state index in [4.69, 9.17) is 4.74 Å². The highest BCUT2D eigenvalue weighted by atomic mass is 32.2. The molecule has 1 N–H and O–H groups in total. The molecule has 4 nitrogen and oxygen atoms in total. The Morgan fingerprint density at radius 1 is 1.50 bits per heavy atom. The van der Waals surface area contributed by atoms with Crippen LogP contribution < -0.4 is 0 Å². The van der Waals surface area contributed by atoms with Crippen LogP contribution in [0.3, 0.4) is 0 Å². The van der Waals surface area contributed by atoms with Gasteiger partial charge in [0.2, 0.25) is 0 Å². The largest absolute Gasteiger partial charge is 0.390 e. The number of sulfone groups is 1. The lowest BCUT2D eigenvalue weighted by atomic mass is 9.94. The third-order valence-electron chi connectivity index (χ3n) is 2.64. The SMILES string of the molecule is CCC(C)(OC)C(O)CCS(C)(=O)=O. The van der Waals surface area contributed by atoms with Gasteiger partial charge in [0.05, 0.1) is 17.5 Å². The van der Waals surface area contributed by atoms with Crippen molar-refractivity contribution < 1.29 is 18.3 Å². The third kappa shape index (κ3) is 4.39. The van der Waals surface area contributed by atoms with Gasteiger partial charge in [0, 0.05) is 13.4 Å². The van der Waals surface area contributed by atoms with Crippen molar-refractivity contribution in [3.05, 3.63) is 0 Å². The molecule has 0 fully saturated rings. The minimum Gasteiger partial charge on any atom is -0.390 e. The number of aliphatic hydroxyl groups is 1. The van der Waals surface area contributed by atoms with Crippen LogP contribution in [0.25, 0.3) is 0 Å². The molecule has 0 spiro atoms. The monoisotopic (exact) mass is 224 g/mol. The van der Waals surface area contributed by atoms with Crippen LogP contribution >= 0.6 is 0 Å². The molecular weight excluding hydrogens is 204 g/mol. The molecular formula is C9H20O4S. The molecule has 0 radical (unpaired) electrons. The highest BCUT2D eigenvalue weighted by molar-refractivity contribution is 7.90. The number of methoxy groups -OCH3 is 1. The molecule has 0 amide bonds. The lowest BCUT2D eigenvalue weighted by molar-refractivity contribution is -0.0926. The number of hydrogen-bond acceptors (Lipinski definition) is 4.